The van der Waals surface area contributed by atoms with Crippen LogP contribution in [0.1, 0.15) is 44.1 Å². The fraction of sp³-hybridized carbons (Fsp3) is 0.227. The number of carbonyl (C=O) groups is 3. The highest BCUT2D eigenvalue weighted by molar-refractivity contribution is 5.99. The van der Waals surface area contributed by atoms with E-state index in [4.69, 9.17) is 10.2 Å². The van der Waals surface area contributed by atoms with E-state index in [9.17, 15) is 14.4 Å². The molecule has 0 aliphatic carbocycles. The Labute approximate surface area is 167 Å². The van der Waals surface area contributed by atoms with Crippen LogP contribution in [-0.4, -0.2) is 41.8 Å². The average molecular weight is 391 g/mol. The van der Waals surface area contributed by atoms with Gasteiger partial charge in [-0.1, -0.05) is 24.3 Å². The standard InChI is InChI=1S/C22H21N3O4/c23-20(26)15-6-3-7-16(11-15)22(28)25-10-4-8-17(13-25)24-21(27)19-12-14-5-1-2-9-18(14)29-19/h1-3,5-7,9,11-12,17H,4,8,10,13H2,(H2,23,26)(H,24,27)/t17-/m0/s1. The van der Waals surface area contributed by atoms with Crippen LogP contribution in [0.2, 0.25) is 0 Å². The largest absolute Gasteiger partial charge is 0.451 e. The van der Waals surface area contributed by atoms with Crippen LogP contribution < -0.4 is 11.1 Å². The Balaban J connectivity index is 1.44. The molecule has 1 aromatic heterocycles. The number of nitrogens with zero attached hydrogens (tertiary/aromatic N) is 1. The van der Waals surface area contributed by atoms with Gasteiger partial charge in [-0.05, 0) is 43.2 Å². The van der Waals surface area contributed by atoms with Crippen LogP contribution in [0.5, 0.6) is 0 Å². The van der Waals surface area contributed by atoms with Crippen molar-refractivity contribution in [1.29, 1.82) is 0 Å². The highest BCUT2D eigenvalue weighted by Crippen LogP contribution is 2.20. The smallest absolute Gasteiger partial charge is 0.287 e. The van der Waals surface area contributed by atoms with Gasteiger partial charge in [0.25, 0.3) is 11.8 Å². The number of fused-ring (bicyclic) bond motifs is 1. The number of nitrogens with one attached hydrogen (secondary N) is 1. The molecule has 1 aliphatic rings. The van der Waals surface area contributed by atoms with Gasteiger partial charge in [-0.3, -0.25) is 14.4 Å². The molecule has 3 aromatic rings. The van der Waals surface area contributed by atoms with Gasteiger partial charge in [-0.15, -0.1) is 0 Å². The minimum atomic E-state index is -0.575. The minimum Gasteiger partial charge on any atom is -0.451 e. The molecule has 148 valence electrons. The van der Waals surface area contributed by atoms with Crippen LogP contribution in [0.3, 0.4) is 0 Å². The average Bonchev–Trinajstić information content (AvgIpc) is 3.18. The molecule has 0 unspecified atom stereocenters. The van der Waals surface area contributed by atoms with E-state index in [-0.39, 0.29) is 23.6 Å². The Morgan fingerprint density at radius 2 is 1.83 bits per heavy atom. The van der Waals surface area contributed by atoms with Crippen LogP contribution in [0.15, 0.2) is 59.0 Å². The van der Waals surface area contributed by atoms with Crippen LogP contribution in [0, 0.1) is 0 Å². The molecule has 1 aliphatic heterocycles. The maximum atomic E-state index is 12.8. The number of nitrogens with two attached hydrogens (primary N) is 1. The first-order valence-electron chi connectivity index (χ1n) is 9.50. The molecule has 7 nitrogen and oxygen atoms in total. The molecule has 1 atom stereocenters. The highest BCUT2D eigenvalue weighted by atomic mass is 16.3. The lowest BCUT2D eigenvalue weighted by Gasteiger charge is -2.33. The number of furan rings is 1. The molecular weight excluding hydrogens is 370 g/mol. The van der Waals surface area contributed by atoms with Crippen LogP contribution in [0.25, 0.3) is 11.0 Å². The van der Waals surface area contributed by atoms with Gasteiger partial charge >= 0.3 is 0 Å². The Bertz CT molecular complexity index is 1060. The van der Waals surface area contributed by atoms with Crippen molar-refractivity contribution in [3.05, 3.63) is 71.5 Å². The number of likely N-dealkylation sites (tertiary alicyclic amines) is 1. The maximum absolute atomic E-state index is 12.8. The SMILES string of the molecule is NC(=O)c1cccc(C(=O)N2CCC[C@H](NC(=O)c3cc4ccccc4o3)C2)c1. The van der Waals surface area contributed by atoms with Gasteiger partial charge in [-0.2, -0.15) is 0 Å². The normalized spacial score (nSPS) is 16.6. The number of primary amides is 1. The summed E-state index contributed by atoms with van der Waals surface area (Å²) in [5.41, 5.74) is 6.66. The minimum absolute atomic E-state index is 0.173. The molecule has 3 amide bonds. The van der Waals surface area contributed by atoms with Crippen LogP contribution in [-0.2, 0) is 0 Å². The fourth-order valence-electron chi connectivity index (χ4n) is 3.62. The van der Waals surface area contributed by atoms with Crippen molar-refractivity contribution in [1.82, 2.24) is 10.2 Å². The maximum Gasteiger partial charge on any atom is 0.287 e. The third-order valence-electron chi connectivity index (χ3n) is 5.09. The number of rotatable bonds is 4. The lowest BCUT2D eigenvalue weighted by atomic mass is 10.0. The fourth-order valence-corrected chi connectivity index (χ4v) is 3.62. The quantitative estimate of drug-likeness (QED) is 0.713. The second kappa shape index (κ2) is 7.79. The number of hydrogen-bond acceptors (Lipinski definition) is 4. The summed E-state index contributed by atoms with van der Waals surface area (Å²) in [7, 11) is 0. The molecule has 4 rings (SSSR count). The summed E-state index contributed by atoms with van der Waals surface area (Å²) in [6, 6.07) is 15.3. The predicted octanol–water partition coefficient (Wildman–Crippen LogP) is 2.57. The molecule has 2 heterocycles. The van der Waals surface area contributed by atoms with E-state index >= 15 is 0 Å². The molecule has 2 aromatic carbocycles. The Morgan fingerprint density at radius 3 is 2.62 bits per heavy atom. The third kappa shape index (κ3) is 3.99. The van der Waals surface area contributed by atoms with Gasteiger partial charge in [-0.25, -0.2) is 0 Å². The van der Waals surface area contributed by atoms with Crippen molar-refractivity contribution in [2.45, 2.75) is 18.9 Å². The van der Waals surface area contributed by atoms with Crippen LogP contribution in [0.4, 0.5) is 0 Å². The van der Waals surface area contributed by atoms with Gasteiger partial charge in [0.05, 0.1) is 0 Å². The second-order valence-corrected chi connectivity index (χ2v) is 7.16. The van der Waals surface area contributed by atoms with E-state index in [2.05, 4.69) is 5.32 Å². The van der Waals surface area contributed by atoms with E-state index in [1.165, 1.54) is 6.07 Å². The van der Waals surface area contributed by atoms with E-state index in [1.807, 2.05) is 24.3 Å². The lowest BCUT2D eigenvalue weighted by Crippen LogP contribution is -2.49. The number of benzene rings is 2. The van der Waals surface area contributed by atoms with Crippen molar-refractivity contribution in [3.63, 3.8) is 0 Å². The zero-order valence-electron chi connectivity index (χ0n) is 15.8. The third-order valence-corrected chi connectivity index (χ3v) is 5.09. The summed E-state index contributed by atoms with van der Waals surface area (Å²) in [6.07, 6.45) is 1.55. The van der Waals surface area contributed by atoms with Gasteiger partial charge in [0, 0.05) is 35.6 Å². The monoisotopic (exact) mass is 391 g/mol. The number of amides is 3. The molecule has 0 saturated carbocycles. The molecule has 29 heavy (non-hydrogen) atoms. The summed E-state index contributed by atoms with van der Waals surface area (Å²) < 4.78 is 5.61. The summed E-state index contributed by atoms with van der Waals surface area (Å²) >= 11 is 0. The summed E-state index contributed by atoms with van der Waals surface area (Å²) in [5, 5.41) is 3.83. The molecule has 0 spiro atoms. The molecule has 1 saturated heterocycles. The number of carbonyl (C=O) groups excluding carboxylic acids is 3. The Hall–Kier alpha value is -3.61. The zero-order valence-corrected chi connectivity index (χ0v) is 15.8. The van der Waals surface area contributed by atoms with E-state index < -0.39 is 5.91 Å². The van der Waals surface area contributed by atoms with Crippen LogP contribution >= 0.6 is 0 Å². The van der Waals surface area contributed by atoms with E-state index in [0.717, 1.165) is 18.2 Å². The van der Waals surface area contributed by atoms with Crippen molar-refractivity contribution < 1.29 is 18.8 Å². The van der Waals surface area contributed by atoms with Crippen molar-refractivity contribution in [2.75, 3.05) is 13.1 Å². The predicted molar refractivity (Wildman–Crippen MR) is 108 cm³/mol. The Kier molecular flexibility index (Phi) is 5.03. The molecule has 3 N–H and O–H groups in total. The zero-order chi connectivity index (χ0) is 20.4. The summed E-state index contributed by atoms with van der Waals surface area (Å²) in [6.45, 7) is 0.988. The first-order valence-corrected chi connectivity index (χ1v) is 9.50. The topological polar surface area (TPSA) is 106 Å². The summed E-state index contributed by atoms with van der Waals surface area (Å²) in [5.74, 6) is -0.801. The van der Waals surface area contributed by atoms with E-state index in [1.54, 1.807) is 29.2 Å². The Morgan fingerprint density at radius 1 is 1.03 bits per heavy atom. The lowest BCUT2D eigenvalue weighted by molar-refractivity contribution is 0.0672. The van der Waals surface area contributed by atoms with Crippen molar-refractivity contribution in [2.24, 2.45) is 5.73 Å². The van der Waals surface area contributed by atoms with Gasteiger partial charge < -0.3 is 20.4 Å². The highest BCUT2D eigenvalue weighted by Gasteiger charge is 2.27. The molecular formula is C22H21N3O4. The van der Waals surface area contributed by atoms with Crippen molar-refractivity contribution in [3.8, 4) is 0 Å². The van der Waals surface area contributed by atoms with E-state index in [0.29, 0.717) is 29.8 Å². The number of piperidine rings is 1. The van der Waals surface area contributed by atoms with Gasteiger partial charge in [0.15, 0.2) is 5.76 Å². The molecule has 0 radical (unpaired) electrons. The number of hydrogen-bond donors (Lipinski definition) is 2. The first kappa shape index (κ1) is 18.7. The number of para-hydroxylation sites is 1. The summed E-state index contributed by atoms with van der Waals surface area (Å²) in [4.78, 5) is 38.5. The van der Waals surface area contributed by atoms with Gasteiger partial charge in [0.2, 0.25) is 5.91 Å². The molecule has 0 bridgehead atoms. The van der Waals surface area contributed by atoms with Gasteiger partial charge in [0.1, 0.15) is 5.58 Å². The second-order valence-electron chi connectivity index (χ2n) is 7.16. The van der Waals surface area contributed by atoms with Crippen molar-refractivity contribution >= 4 is 28.7 Å². The molecule has 7 heteroatoms. The first-order chi connectivity index (χ1) is 14.0. The molecule has 1 fully saturated rings.